The Morgan fingerprint density at radius 1 is 1.20 bits per heavy atom. The molecule has 6 N–H and O–H groups in total. The number of nitrogens with two attached hydrogens (primary N) is 2. The summed E-state index contributed by atoms with van der Waals surface area (Å²) in [7, 11) is -1.38. The molecule has 1 aromatic carbocycles. The molecule has 0 fully saturated rings. The van der Waals surface area contributed by atoms with E-state index in [2.05, 4.69) is 15.0 Å². The maximum atomic E-state index is 12.8. The van der Waals surface area contributed by atoms with Crippen molar-refractivity contribution < 1.29 is 27.5 Å². The zero-order chi connectivity index (χ0) is 26.0. The summed E-state index contributed by atoms with van der Waals surface area (Å²) in [6, 6.07) is 5.86. The topological polar surface area (TPSA) is 197 Å². The zero-order valence-electron chi connectivity index (χ0n) is 19.3. The maximum absolute atomic E-state index is 12.8. The van der Waals surface area contributed by atoms with E-state index in [1.807, 2.05) is 0 Å². The molecule has 0 saturated carbocycles. The molecule has 0 spiro atoms. The first-order chi connectivity index (χ1) is 16.6. The van der Waals surface area contributed by atoms with E-state index in [1.165, 1.54) is 50.7 Å². The SMILES string of the molecule is COc1ccc(S(=O)(=O)Nc2cccn(CC(=O)N[C@H](C=O)CCCN=C(N)N)c2=O)cc1OC. The van der Waals surface area contributed by atoms with Gasteiger partial charge in [0.2, 0.25) is 5.91 Å². The van der Waals surface area contributed by atoms with Gasteiger partial charge in [0.25, 0.3) is 15.6 Å². The number of methoxy groups -OCH3 is 2. The number of hydrogen-bond acceptors (Lipinski definition) is 8. The number of aldehydes is 1. The lowest BCUT2D eigenvalue weighted by atomic mass is 10.2. The number of sulfonamides is 1. The van der Waals surface area contributed by atoms with Gasteiger partial charge in [0, 0.05) is 18.8 Å². The van der Waals surface area contributed by atoms with Gasteiger partial charge in [-0.1, -0.05) is 0 Å². The van der Waals surface area contributed by atoms with Gasteiger partial charge in [-0.05, 0) is 37.1 Å². The number of amides is 1. The Morgan fingerprint density at radius 2 is 1.91 bits per heavy atom. The van der Waals surface area contributed by atoms with Gasteiger partial charge < -0.3 is 35.6 Å². The molecule has 2 aromatic rings. The number of benzene rings is 1. The number of pyridine rings is 1. The lowest BCUT2D eigenvalue weighted by molar-refractivity contribution is -0.124. The second-order valence-corrected chi connectivity index (χ2v) is 8.92. The molecule has 0 aliphatic carbocycles. The van der Waals surface area contributed by atoms with Crippen LogP contribution in [0.1, 0.15) is 12.8 Å². The van der Waals surface area contributed by atoms with Crippen molar-refractivity contribution in [1.29, 1.82) is 0 Å². The van der Waals surface area contributed by atoms with Crippen LogP contribution in [0.5, 0.6) is 11.5 Å². The monoisotopic (exact) mass is 508 g/mol. The highest BCUT2D eigenvalue weighted by atomic mass is 32.2. The highest BCUT2D eigenvalue weighted by molar-refractivity contribution is 7.92. The van der Waals surface area contributed by atoms with Crippen molar-refractivity contribution in [2.45, 2.75) is 30.3 Å². The third-order valence-electron chi connectivity index (χ3n) is 4.72. The minimum absolute atomic E-state index is 0.0716. The van der Waals surface area contributed by atoms with Crippen molar-refractivity contribution in [3.05, 3.63) is 46.9 Å². The average Bonchev–Trinajstić information content (AvgIpc) is 2.82. The van der Waals surface area contributed by atoms with Crippen LogP contribution in [-0.2, 0) is 26.2 Å². The van der Waals surface area contributed by atoms with Crippen LogP contribution < -0.4 is 36.5 Å². The molecular formula is C21H28N6O7S. The predicted octanol–water partition coefficient (Wildman–Crippen LogP) is -0.596. The molecule has 1 amide bonds. The maximum Gasteiger partial charge on any atom is 0.275 e. The Bertz CT molecular complexity index is 1240. The van der Waals surface area contributed by atoms with Gasteiger partial charge in [0.1, 0.15) is 18.5 Å². The normalized spacial score (nSPS) is 11.7. The number of aromatic nitrogens is 1. The van der Waals surface area contributed by atoms with E-state index in [-0.39, 0.29) is 22.3 Å². The van der Waals surface area contributed by atoms with Crippen molar-refractivity contribution in [3.8, 4) is 11.5 Å². The molecule has 0 aliphatic heterocycles. The van der Waals surface area contributed by atoms with Crippen LogP contribution in [0.4, 0.5) is 5.69 Å². The molecule has 14 heteroatoms. The Balaban J connectivity index is 2.12. The van der Waals surface area contributed by atoms with Crippen LogP contribution in [0, 0.1) is 0 Å². The molecule has 190 valence electrons. The Labute approximate surface area is 202 Å². The van der Waals surface area contributed by atoms with Gasteiger partial charge in [0.05, 0.1) is 25.2 Å². The summed E-state index contributed by atoms with van der Waals surface area (Å²) in [5.41, 5.74) is 9.45. The number of ether oxygens (including phenoxy) is 2. The summed E-state index contributed by atoms with van der Waals surface area (Å²) in [6.45, 7) is -0.132. The largest absolute Gasteiger partial charge is 0.493 e. The van der Waals surface area contributed by atoms with Crippen molar-refractivity contribution >= 4 is 33.9 Å². The van der Waals surface area contributed by atoms with Crippen molar-refractivity contribution in [2.24, 2.45) is 16.5 Å². The number of anilines is 1. The number of rotatable bonds is 13. The van der Waals surface area contributed by atoms with Gasteiger partial charge in [-0.3, -0.25) is 19.3 Å². The Kier molecular flexibility index (Phi) is 9.64. The molecule has 0 unspecified atom stereocenters. The molecule has 0 saturated heterocycles. The highest BCUT2D eigenvalue weighted by Crippen LogP contribution is 2.29. The van der Waals surface area contributed by atoms with Crippen molar-refractivity contribution in [2.75, 3.05) is 25.5 Å². The minimum atomic E-state index is -4.15. The first-order valence-electron chi connectivity index (χ1n) is 10.4. The smallest absolute Gasteiger partial charge is 0.275 e. The number of nitrogens with zero attached hydrogens (tertiary/aromatic N) is 2. The number of carbonyl (C=O) groups is 2. The number of aliphatic imine (C=N–C) groups is 1. The first kappa shape index (κ1) is 27.2. The number of nitrogens with one attached hydrogen (secondary N) is 2. The van der Waals surface area contributed by atoms with Crippen molar-refractivity contribution in [1.82, 2.24) is 9.88 Å². The van der Waals surface area contributed by atoms with Crippen LogP contribution >= 0.6 is 0 Å². The zero-order valence-corrected chi connectivity index (χ0v) is 20.1. The van der Waals surface area contributed by atoms with E-state index >= 15 is 0 Å². The summed E-state index contributed by atoms with van der Waals surface area (Å²) in [4.78, 5) is 40.0. The van der Waals surface area contributed by atoms with Crippen molar-refractivity contribution in [3.63, 3.8) is 0 Å². The lowest BCUT2D eigenvalue weighted by Gasteiger charge is -2.14. The molecule has 2 rings (SSSR count). The molecule has 35 heavy (non-hydrogen) atoms. The second-order valence-electron chi connectivity index (χ2n) is 7.24. The number of hydrogen-bond donors (Lipinski definition) is 4. The van der Waals surface area contributed by atoms with Gasteiger partial charge in [-0.2, -0.15) is 0 Å². The minimum Gasteiger partial charge on any atom is -0.493 e. The van der Waals surface area contributed by atoms with Crippen LogP contribution in [-0.4, -0.2) is 57.9 Å². The van der Waals surface area contributed by atoms with Gasteiger partial charge in [0.15, 0.2) is 17.5 Å². The second kappa shape index (κ2) is 12.4. The van der Waals surface area contributed by atoms with Gasteiger partial charge in [-0.15, -0.1) is 0 Å². The third kappa shape index (κ3) is 7.74. The fraction of sp³-hybridized carbons (Fsp3) is 0.333. The van der Waals surface area contributed by atoms with E-state index in [0.717, 1.165) is 4.57 Å². The third-order valence-corrected chi connectivity index (χ3v) is 6.09. The standard InChI is InChI=1S/C21H28N6O7S/c1-33-17-8-7-15(11-18(17)34-2)35(31,32)26-16-6-4-10-27(20(16)30)12-19(29)25-14(13-28)5-3-9-24-21(22)23/h4,6-8,10-11,13-14,26H,3,5,9,12H2,1-2H3,(H,25,29)(H4,22,23,24)/t14-/m0/s1. The molecule has 0 bridgehead atoms. The predicted molar refractivity (Wildman–Crippen MR) is 129 cm³/mol. The summed E-state index contributed by atoms with van der Waals surface area (Å²) >= 11 is 0. The Hall–Kier alpha value is -4.07. The summed E-state index contributed by atoms with van der Waals surface area (Å²) in [5, 5.41) is 2.51. The summed E-state index contributed by atoms with van der Waals surface area (Å²) in [5.74, 6) is -0.145. The molecule has 13 nitrogen and oxygen atoms in total. The quantitative estimate of drug-likeness (QED) is 0.118. The van der Waals surface area contributed by atoms with E-state index in [0.29, 0.717) is 31.4 Å². The van der Waals surface area contributed by atoms with Gasteiger partial charge >= 0.3 is 0 Å². The first-order valence-corrected chi connectivity index (χ1v) is 11.8. The summed E-state index contributed by atoms with van der Waals surface area (Å²) < 4.78 is 39.1. The molecule has 0 aliphatic rings. The number of carbonyl (C=O) groups excluding carboxylic acids is 2. The average molecular weight is 509 g/mol. The summed E-state index contributed by atoms with van der Waals surface area (Å²) in [6.07, 6.45) is 2.65. The van der Waals surface area contributed by atoms with Crippen LogP contribution in [0.25, 0.3) is 0 Å². The van der Waals surface area contributed by atoms with Crippen LogP contribution in [0.3, 0.4) is 0 Å². The highest BCUT2D eigenvalue weighted by Gasteiger charge is 2.20. The Morgan fingerprint density at radius 3 is 2.54 bits per heavy atom. The molecule has 0 radical (unpaired) electrons. The van der Waals surface area contributed by atoms with Gasteiger partial charge in [-0.25, -0.2) is 8.42 Å². The van der Waals surface area contributed by atoms with E-state index < -0.39 is 34.1 Å². The molecule has 1 aromatic heterocycles. The number of guanidine groups is 1. The van der Waals surface area contributed by atoms with Crippen LogP contribution in [0.2, 0.25) is 0 Å². The fourth-order valence-electron chi connectivity index (χ4n) is 3.03. The van der Waals surface area contributed by atoms with E-state index in [4.69, 9.17) is 20.9 Å². The molecule has 1 atom stereocenters. The van der Waals surface area contributed by atoms with E-state index in [9.17, 15) is 22.8 Å². The van der Waals surface area contributed by atoms with Crippen LogP contribution in [0.15, 0.2) is 51.2 Å². The fourth-order valence-corrected chi connectivity index (χ4v) is 4.10. The molecular weight excluding hydrogens is 480 g/mol. The lowest BCUT2D eigenvalue weighted by Crippen LogP contribution is -2.40. The molecule has 1 heterocycles. The van der Waals surface area contributed by atoms with E-state index in [1.54, 1.807) is 0 Å².